The summed E-state index contributed by atoms with van der Waals surface area (Å²) in [5.74, 6) is 2.27. The molecule has 1 heterocycles. The number of nitrogens with zero attached hydrogens (tertiary/aromatic N) is 2. The topological polar surface area (TPSA) is 62.6 Å². The van der Waals surface area contributed by atoms with E-state index in [4.69, 9.17) is 14.2 Å². The molecule has 0 spiro atoms. The Morgan fingerprint density at radius 3 is 2.30 bits per heavy atom. The highest BCUT2D eigenvalue weighted by Gasteiger charge is 2.16. The first-order valence-corrected chi connectivity index (χ1v) is 9.54. The van der Waals surface area contributed by atoms with Gasteiger partial charge in [-0.05, 0) is 48.9 Å². The summed E-state index contributed by atoms with van der Waals surface area (Å²) in [6, 6.07) is 20.8. The van der Waals surface area contributed by atoms with Gasteiger partial charge >= 0.3 is 0 Å². The van der Waals surface area contributed by atoms with Crippen LogP contribution in [0, 0.1) is 6.92 Å². The number of hydrogen-bond acceptors (Lipinski definition) is 5. The zero-order chi connectivity index (χ0) is 21.1. The molecular weight excluding hydrogens is 380 g/mol. The maximum Gasteiger partial charge on any atom is 0.266 e. The summed E-state index contributed by atoms with van der Waals surface area (Å²) in [6.45, 7) is 2.28. The number of ether oxygens (including phenoxy) is 3. The van der Waals surface area contributed by atoms with Gasteiger partial charge in [0.1, 0.15) is 23.7 Å². The third-order valence-corrected chi connectivity index (χ3v) is 4.89. The zero-order valence-electron chi connectivity index (χ0n) is 17.1. The molecule has 0 atom stereocenters. The molecule has 4 aromatic rings. The predicted molar refractivity (Wildman–Crippen MR) is 116 cm³/mol. The second kappa shape index (κ2) is 8.29. The van der Waals surface area contributed by atoms with Crippen molar-refractivity contribution in [3.63, 3.8) is 0 Å². The Labute approximate surface area is 174 Å². The number of methoxy groups -OCH3 is 2. The Bertz CT molecular complexity index is 1230. The fourth-order valence-corrected chi connectivity index (χ4v) is 3.41. The molecule has 0 aliphatic heterocycles. The second-order valence-electron chi connectivity index (χ2n) is 6.76. The first kappa shape index (κ1) is 19.5. The quantitative estimate of drug-likeness (QED) is 0.481. The molecular formula is C24H22N2O4. The van der Waals surface area contributed by atoms with Gasteiger partial charge in [0.15, 0.2) is 11.5 Å². The van der Waals surface area contributed by atoms with Crippen molar-refractivity contribution in [3.05, 3.63) is 88.5 Å². The van der Waals surface area contributed by atoms with Gasteiger partial charge in [0, 0.05) is 0 Å². The van der Waals surface area contributed by atoms with E-state index < -0.39 is 0 Å². The third kappa shape index (κ3) is 3.59. The Morgan fingerprint density at radius 2 is 1.63 bits per heavy atom. The highest BCUT2D eigenvalue weighted by Crippen LogP contribution is 2.33. The van der Waals surface area contributed by atoms with Gasteiger partial charge in [-0.3, -0.25) is 9.36 Å². The van der Waals surface area contributed by atoms with Crippen LogP contribution in [0.2, 0.25) is 0 Å². The van der Waals surface area contributed by atoms with Crippen LogP contribution in [0.15, 0.2) is 71.5 Å². The highest BCUT2D eigenvalue weighted by atomic mass is 16.5. The normalized spacial score (nSPS) is 10.8. The van der Waals surface area contributed by atoms with Gasteiger partial charge in [-0.15, -0.1) is 0 Å². The fraction of sp³-hybridized carbons (Fsp3) is 0.167. The Hall–Kier alpha value is -3.80. The molecule has 1 aromatic heterocycles. The third-order valence-electron chi connectivity index (χ3n) is 4.89. The summed E-state index contributed by atoms with van der Waals surface area (Å²) in [6.07, 6.45) is 0. The summed E-state index contributed by atoms with van der Waals surface area (Å²) < 4.78 is 18.2. The minimum absolute atomic E-state index is 0.170. The van der Waals surface area contributed by atoms with E-state index in [0.29, 0.717) is 40.5 Å². The monoisotopic (exact) mass is 402 g/mol. The van der Waals surface area contributed by atoms with E-state index in [1.54, 1.807) is 30.7 Å². The van der Waals surface area contributed by atoms with Crippen LogP contribution in [0.5, 0.6) is 17.2 Å². The lowest BCUT2D eigenvalue weighted by Gasteiger charge is -2.14. The second-order valence-corrected chi connectivity index (χ2v) is 6.76. The van der Waals surface area contributed by atoms with E-state index >= 15 is 0 Å². The minimum atomic E-state index is -0.170. The average molecular weight is 402 g/mol. The average Bonchev–Trinajstić information content (AvgIpc) is 2.78. The molecule has 0 aliphatic carbocycles. The smallest absolute Gasteiger partial charge is 0.266 e. The van der Waals surface area contributed by atoms with Crippen molar-refractivity contribution in [1.29, 1.82) is 0 Å². The van der Waals surface area contributed by atoms with Crippen molar-refractivity contribution in [2.24, 2.45) is 0 Å². The molecule has 6 nitrogen and oxygen atoms in total. The van der Waals surface area contributed by atoms with Crippen LogP contribution < -0.4 is 19.8 Å². The molecule has 152 valence electrons. The molecule has 4 rings (SSSR count). The summed E-state index contributed by atoms with van der Waals surface area (Å²) in [7, 11) is 3.09. The number of rotatable bonds is 6. The molecule has 0 radical (unpaired) electrons. The fourth-order valence-electron chi connectivity index (χ4n) is 3.41. The van der Waals surface area contributed by atoms with E-state index in [1.807, 2.05) is 54.6 Å². The molecule has 0 saturated carbocycles. The van der Waals surface area contributed by atoms with Crippen LogP contribution in [0.3, 0.4) is 0 Å². The Balaban J connectivity index is 1.68. The van der Waals surface area contributed by atoms with E-state index in [9.17, 15) is 4.79 Å². The number of aryl methyl sites for hydroxylation is 1. The number of aromatic nitrogens is 2. The molecule has 0 amide bonds. The number of hydrogen-bond donors (Lipinski definition) is 0. The maximum atomic E-state index is 13.2. The summed E-state index contributed by atoms with van der Waals surface area (Å²) >= 11 is 0. The molecule has 6 heteroatoms. The van der Waals surface area contributed by atoms with Gasteiger partial charge in [0.25, 0.3) is 5.56 Å². The van der Waals surface area contributed by atoms with Gasteiger partial charge in [-0.1, -0.05) is 30.3 Å². The molecule has 30 heavy (non-hydrogen) atoms. The zero-order valence-corrected chi connectivity index (χ0v) is 17.1. The van der Waals surface area contributed by atoms with Crippen molar-refractivity contribution < 1.29 is 14.2 Å². The van der Waals surface area contributed by atoms with Crippen molar-refractivity contribution >= 4 is 10.9 Å². The van der Waals surface area contributed by atoms with Crippen molar-refractivity contribution in [3.8, 4) is 22.9 Å². The molecule has 0 unspecified atom stereocenters. The first-order valence-electron chi connectivity index (χ1n) is 9.54. The van der Waals surface area contributed by atoms with E-state index in [0.717, 1.165) is 11.3 Å². The van der Waals surface area contributed by atoms with Gasteiger partial charge in [-0.25, -0.2) is 4.98 Å². The summed E-state index contributed by atoms with van der Waals surface area (Å²) in [4.78, 5) is 17.8. The van der Waals surface area contributed by atoms with Gasteiger partial charge < -0.3 is 14.2 Å². The van der Waals surface area contributed by atoms with Crippen LogP contribution in [-0.4, -0.2) is 23.8 Å². The Morgan fingerprint density at radius 1 is 0.900 bits per heavy atom. The van der Waals surface area contributed by atoms with Crippen LogP contribution in [0.1, 0.15) is 11.4 Å². The lowest BCUT2D eigenvalue weighted by atomic mass is 10.2. The highest BCUT2D eigenvalue weighted by molar-refractivity contribution is 5.86. The molecule has 0 aliphatic rings. The molecule has 3 aromatic carbocycles. The molecule has 0 saturated heterocycles. The van der Waals surface area contributed by atoms with Gasteiger partial charge in [-0.2, -0.15) is 0 Å². The number of benzene rings is 3. The van der Waals surface area contributed by atoms with Crippen LogP contribution in [-0.2, 0) is 6.61 Å². The molecule has 0 fully saturated rings. The van der Waals surface area contributed by atoms with Crippen molar-refractivity contribution in [2.75, 3.05) is 14.2 Å². The van der Waals surface area contributed by atoms with Gasteiger partial charge in [0.2, 0.25) is 0 Å². The van der Waals surface area contributed by atoms with Crippen LogP contribution in [0.4, 0.5) is 0 Å². The largest absolute Gasteiger partial charge is 0.493 e. The van der Waals surface area contributed by atoms with Crippen molar-refractivity contribution in [1.82, 2.24) is 9.55 Å². The van der Waals surface area contributed by atoms with E-state index in [1.165, 1.54) is 7.11 Å². The summed E-state index contributed by atoms with van der Waals surface area (Å²) in [5, 5.41) is 0.461. The lowest BCUT2D eigenvalue weighted by molar-refractivity contribution is 0.306. The lowest BCUT2D eigenvalue weighted by Crippen LogP contribution is -2.22. The van der Waals surface area contributed by atoms with Crippen LogP contribution >= 0.6 is 0 Å². The van der Waals surface area contributed by atoms with Crippen molar-refractivity contribution in [2.45, 2.75) is 13.5 Å². The van der Waals surface area contributed by atoms with Crippen LogP contribution in [0.25, 0.3) is 16.6 Å². The summed E-state index contributed by atoms with van der Waals surface area (Å²) in [5.41, 5.74) is 2.13. The predicted octanol–water partition coefficient (Wildman–Crippen LogP) is 4.29. The number of fused-ring (bicyclic) bond motifs is 1. The minimum Gasteiger partial charge on any atom is -0.493 e. The molecule has 0 N–H and O–H groups in total. The maximum absolute atomic E-state index is 13.2. The molecule has 0 bridgehead atoms. The SMILES string of the molecule is COc1ccc2c(=O)n(-c3ccc(OCc4ccccc4)cc3)c(C)nc2c1OC. The standard InChI is InChI=1S/C24H22N2O4/c1-16-25-22-20(13-14-21(28-2)23(22)29-3)24(27)26(16)18-9-11-19(12-10-18)30-15-17-7-5-4-6-8-17/h4-14H,15H2,1-3H3. The van der Waals surface area contributed by atoms with E-state index in [-0.39, 0.29) is 5.56 Å². The first-order chi connectivity index (χ1) is 14.6. The Kier molecular flexibility index (Phi) is 5.39. The van der Waals surface area contributed by atoms with Gasteiger partial charge in [0.05, 0.1) is 25.3 Å². The van der Waals surface area contributed by atoms with E-state index in [2.05, 4.69) is 4.98 Å².